The average molecular weight is 129 g/mol. The fraction of sp³-hybridized carbons (Fsp3) is 1.00. The van der Waals surface area contributed by atoms with E-state index in [0.29, 0.717) is 12.2 Å². The molecule has 9 heavy (non-hydrogen) atoms. The third kappa shape index (κ3) is 1.66. The topological polar surface area (TPSA) is 35.2 Å². The summed E-state index contributed by atoms with van der Waals surface area (Å²) in [5.74, 6) is 0. The van der Waals surface area contributed by atoms with Crippen molar-refractivity contribution in [2.45, 2.75) is 44.9 Å². The second-order valence-electron chi connectivity index (χ2n) is 2.92. The zero-order chi connectivity index (χ0) is 6.85. The molecule has 0 aromatic rings. The van der Waals surface area contributed by atoms with Crippen molar-refractivity contribution in [3.8, 4) is 0 Å². The van der Waals surface area contributed by atoms with Gasteiger partial charge in [0, 0.05) is 6.04 Å². The second-order valence-corrected chi connectivity index (χ2v) is 2.92. The summed E-state index contributed by atoms with van der Waals surface area (Å²) in [4.78, 5) is 0. The van der Waals surface area contributed by atoms with Gasteiger partial charge in [-0.1, -0.05) is 0 Å². The molecular weight excluding hydrogens is 114 g/mol. The summed E-state index contributed by atoms with van der Waals surface area (Å²) in [7, 11) is 0. The fourth-order valence-corrected chi connectivity index (χ4v) is 1.22. The van der Waals surface area contributed by atoms with Gasteiger partial charge in [-0.3, -0.25) is 0 Å². The van der Waals surface area contributed by atoms with Gasteiger partial charge in [0.25, 0.3) is 0 Å². The van der Waals surface area contributed by atoms with E-state index in [1.807, 2.05) is 6.92 Å². The van der Waals surface area contributed by atoms with Crippen molar-refractivity contribution < 1.29 is 4.74 Å². The highest BCUT2D eigenvalue weighted by Gasteiger charge is 2.24. The van der Waals surface area contributed by atoms with Crippen LogP contribution in [0.4, 0.5) is 0 Å². The number of nitrogens with two attached hydrogens (primary N) is 1. The Morgan fingerprint density at radius 2 is 2.22 bits per heavy atom. The lowest BCUT2D eigenvalue weighted by molar-refractivity contribution is 0.0439. The summed E-state index contributed by atoms with van der Waals surface area (Å²) in [5, 5.41) is 0. The minimum absolute atomic E-state index is 0.204. The lowest BCUT2D eigenvalue weighted by Gasteiger charge is -2.13. The van der Waals surface area contributed by atoms with Gasteiger partial charge in [-0.25, -0.2) is 0 Å². The Balaban J connectivity index is 2.30. The predicted octanol–water partition coefficient (Wildman–Crippen LogP) is 0.901. The molecule has 2 heteroatoms. The van der Waals surface area contributed by atoms with Crippen LogP contribution in [-0.2, 0) is 4.74 Å². The Hall–Kier alpha value is -0.0800. The van der Waals surface area contributed by atoms with Crippen molar-refractivity contribution in [3.05, 3.63) is 0 Å². The first-order valence-corrected chi connectivity index (χ1v) is 3.61. The molecule has 0 aromatic heterocycles. The monoisotopic (exact) mass is 129 g/mol. The minimum Gasteiger partial charge on any atom is -0.374 e. The fourth-order valence-electron chi connectivity index (χ4n) is 1.22. The highest BCUT2D eigenvalue weighted by atomic mass is 16.5. The smallest absolute Gasteiger partial charge is 0.0727 e. The average Bonchev–Trinajstić information content (AvgIpc) is 2.14. The van der Waals surface area contributed by atoms with E-state index in [4.69, 9.17) is 10.5 Å². The molecule has 3 atom stereocenters. The van der Waals surface area contributed by atoms with Gasteiger partial charge in [-0.15, -0.1) is 0 Å². The van der Waals surface area contributed by atoms with Crippen molar-refractivity contribution in [2.24, 2.45) is 5.73 Å². The first-order chi connectivity index (χ1) is 4.20. The van der Waals surface area contributed by atoms with E-state index in [1.165, 1.54) is 6.42 Å². The normalized spacial score (nSPS) is 39.0. The zero-order valence-electron chi connectivity index (χ0n) is 6.13. The second kappa shape index (κ2) is 2.67. The minimum atomic E-state index is 0.204. The molecule has 0 amide bonds. The Kier molecular flexibility index (Phi) is 2.09. The number of hydrogen-bond donors (Lipinski definition) is 1. The van der Waals surface area contributed by atoms with Crippen LogP contribution in [0.15, 0.2) is 0 Å². The number of hydrogen-bond acceptors (Lipinski definition) is 2. The number of rotatable bonds is 1. The third-order valence-corrected chi connectivity index (χ3v) is 1.85. The van der Waals surface area contributed by atoms with Gasteiger partial charge in [0.15, 0.2) is 0 Å². The predicted molar refractivity (Wildman–Crippen MR) is 37.2 cm³/mol. The number of ether oxygens (including phenoxy) is 1. The van der Waals surface area contributed by atoms with Crippen LogP contribution in [0.3, 0.4) is 0 Å². The molecule has 0 saturated carbocycles. The third-order valence-electron chi connectivity index (χ3n) is 1.85. The molecule has 0 aromatic carbocycles. The Morgan fingerprint density at radius 1 is 1.56 bits per heavy atom. The van der Waals surface area contributed by atoms with E-state index in [-0.39, 0.29) is 6.04 Å². The molecule has 0 spiro atoms. The summed E-state index contributed by atoms with van der Waals surface area (Å²) < 4.78 is 5.50. The van der Waals surface area contributed by atoms with Crippen LogP contribution in [0, 0.1) is 0 Å². The van der Waals surface area contributed by atoms with E-state index >= 15 is 0 Å². The summed E-state index contributed by atoms with van der Waals surface area (Å²) in [6.45, 7) is 4.10. The van der Waals surface area contributed by atoms with Crippen LogP contribution in [0.1, 0.15) is 26.7 Å². The first-order valence-electron chi connectivity index (χ1n) is 3.61. The highest BCUT2D eigenvalue weighted by Crippen LogP contribution is 2.20. The van der Waals surface area contributed by atoms with Gasteiger partial charge in [0.1, 0.15) is 0 Å². The Bertz CT molecular complexity index is 92.9. The van der Waals surface area contributed by atoms with Crippen molar-refractivity contribution in [3.63, 3.8) is 0 Å². The Labute approximate surface area is 56.4 Å². The summed E-state index contributed by atoms with van der Waals surface area (Å²) >= 11 is 0. The molecule has 0 bridgehead atoms. The zero-order valence-corrected chi connectivity index (χ0v) is 6.13. The van der Waals surface area contributed by atoms with Gasteiger partial charge in [-0.2, -0.15) is 0 Å². The molecule has 2 N–H and O–H groups in total. The summed E-state index contributed by atoms with van der Waals surface area (Å²) in [6.07, 6.45) is 3.06. The van der Waals surface area contributed by atoms with Crippen molar-refractivity contribution in [1.82, 2.24) is 0 Å². The SMILES string of the molecule is CC1CCC(C(C)N)O1. The molecule has 54 valence electrons. The molecule has 1 rings (SSSR count). The highest BCUT2D eigenvalue weighted by molar-refractivity contribution is 4.76. The molecule has 1 heterocycles. The van der Waals surface area contributed by atoms with Gasteiger partial charge in [0.2, 0.25) is 0 Å². The lowest BCUT2D eigenvalue weighted by atomic mass is 10.1. The molecule has 1 saturated heterocycles. The van der Waals surface area contributed by atoms with Crippen molar-refractivity contribution in [1.29, 1.82) is 0 Å². The quantitative estimate of drug-likeness (QED) is 0.571. The molecule has 1 fully saturated rings. The maximum absolute atomic E-state index is 5.63. The van der Waals surface area contributed by atoms with Crippen LogP contribution in [-0.4, -0.2) is 18.2 Å². The van der Waals surface area contributed by atoms with Gasteiger partial charge >= 0.3 is 0 Å². The van der Waals surface area contributed by atoms with Crippen LogP contribution >= 0.6 is 0 Å². The van der Waals surface area contributed by atoms with Gasteiger partial charge < -0.3 is 10.5 Å². The summed E-state index contributed by atoms with van der Waals surface area (Å²) in [5.41, 5.74) is 5.63. The molecular formula is C7H15NO. The maximum atomic E-state index is 5.63. The molecule has 3 unspecified atom stereocenters. The van der Waals surface area contributed by atoms with Crippen molar-refractivity contribution >= 4 is 0 Å². The van der Waals surface area contributed by atoms with E-state index < -0.39 is 0 Å². The molecule has 2 nitrogen and oxygen atoms in total. The Morgan fingerprint density at radius 3 is 2.44 bits per heavy atom. The van der Waals surface area contributed by atoms with Crippen molar-refractivity contribution in [2.75, 3.05) is 0 Å². The van der Waals surface area contributed by atoms with E-state index in [2.05, 4.69) is 6.92 Å². The van der Waals surface area contributed by atoms with Gasteiger partial charge in [-0.05, 0) is 26.7 Å². The van der Waals surface area contributed by atoms with Gasteiger partial charge in [0.05, 0.1) is 12.2 Å². The molecule has 0 aliphatic carbocycles. The molecule has 1 aliphatic heterocycles. The van der Waals surface area contributed by atoms with E-state index in [9.17, 15) is 0 Å². The molecule has 1 aliphatic rings. The largest absolute Gasteiger partial charge is 0.374 e. The van der Waals surface area contributed by atoms with E-state index in [1.54, 1.807) is 0 Å². The van der Waals surface area contributed by atoms with Crippen LogP contribution in [0.5, 0.6) is 0 Å². The summed E-state index contributed by atoms with van der Waals surface area (Å²) in [6, 6.07) is 0.204. The van der Waals surface area contributed by atoms with Crippen LogP contribution < -0.4 is 5.73 Å². The first kappa shape index (κ1) is 7.03. The standard InChI is InChI=1S/C7H15NO/c1-5-3-4-7(9-5)6(2)8/h5-7H,3-4,8H2,1-2H3. The van der Waals surface area contributed by atoms with Crippen LogP contribution in [0.25, 0.3) is 0 Å². The molecule has 0 radical (unpaired) electrons. The van der Waals surface area contributed by atoms with E-state index in [0.717, 1.165) is 6.42 Å². The van der Waals surface area contributed by atoms with Crippen LogP contribution in [0.2, 0.25) is 0 Å². The lowest BCUT2D eigenvalue weighted by Crippen LogP contribution is -2.31. The maximum Gasteiger partial charge on any atom is 0.0727 e.